The number of pyridine rings is 2. The fourth-order valence-corrected chi connectivity index (χ4v) is 14.3. The van der Waals surface area contributed by atoms with Crippen LogP contribution in [0.25, 0.3) is 65.8 Å². The molecular formula is C71H78N6. The van der Waals surface area contributed by atoms with Crippen molar-refractivity contribution in [1.82, 2.24) is 24.1 Å². The average Bonchev–Trinajstić information content (AvgIpc) is 4.30. The molecule has 0 bridgehead atoms. The molecule has 6 heterocycles. The standard InChI is InChI=1S/C71H78N6/c1-69(2,3)39-47-24-29-63-60(36-47)54-16-10-13-19-57(54)66-72-51(42-75(63)66)27-22-45-32-46(23-28-52-43-76-64-30-25-48(40-70(4,5)6)37-61(64)55-17-11-14-20-58(55)67(76)73-52)34-50(33-45)35-53-44-77-65-31-26-49(41-71(7,8)9)38-62(65)56-18-12-15-21-59(56)68(77)74-53/h10-21,24-26,29-31,36-38,42-46,50,68,74H,22-23,27-28,32-35,39-41H2,1-9H3. The number of imidazole rings is 2. The van der Waals surface area contributed by atoms with Crippen LogP contribution in [0.3, 0.4) is 0 Å². The maximum atomic E-state index is 5.47. The predicted octanol–water partition coefficient (Wildman–Crippen LogP) is 18.0. The van der Waals surface area contributed by atoms with Gasteiger partial charge in [0.1, 0.15) is 17.5 Å². The molecule has 4 aromatic heterocycles. The van der Waals surface area contributed by atoms with Crippen LogP contribution in [0.5, 0.6) is 0 Å². The number of benzene rings is 6. The maximum Gasteiger partial charge on any atom is 0.145 e. The first-order chi connectivity index (χ1) is 36.9. The number of hydrogen-bond acceptors (Lipinski definition) is 4. The zero-order valence-electron chi connectivity index (χ0n) is 47.2. The molecule has 3 unspecified atom stereocenters. The Morgan fingerprint density at radius 1 is 0.481 bits per heavy atom. The molecule has 0 saturated heterocycles. The Morgan fingerprint density at radius 2 is 0.948 bits per heavy atom. The van der Waals surface area contributed by atoms with Crippen LogP contribution in [-0.2, 0) is 32.1 Å². The normalized spacial score (nSPS) is 18.9. The van der Waals surface area contributed by atoms with E-state index in [0.717, 1.165) is 62.7 Å². The molecule has 0 radical (unpaired) electrons. The minimum atomic E-state index is 0.108. The smallest absolute Gasteiger partial charge is 0.145 e. The average molecular weight is 1020 g/mol. The Balaban J connectivity index is 0.800. The summed E-state index contributed by atoms with van der Waals surface area (Å²) in [4.78, 5) is 13.5. The van der Waals surface area contributed by atoms with Crippen LogP contribution in [0.1, 0.15) is 141 Å². The molecule has 3 aliphatic rings. The number of hydrogen-bond donors (Lipinski definition) is 1. The monoisotopic (exact) mass is 1010 g/mol. The van der Waals surface area contributed by atoms with Gasteiger partial charge in [0.05, 0.1) is 28.1 Å². The lowest BCUT2D eigenvalue weighted by Gasteiger charge is -2.36. The van der Waals surface area contributed by atoms with E-state index in [4.69, 9.17) is 9.97 Å². The lowest BCUT2D eigenvalue weighted by atomic mass is 9.71. The van der Waals surface area contributed by atoms with Gasteiger partial charge in [0.15, 0.2) is 0 Å². The summed E-state index contributed by atoms with van der Waals surface area (Å²) in [5.41, 5.74) is 18.7. The summed E-state index contributed by atoms with van der Waals surface area (Å²) in [7, 11) is 0. The second-order valence-electron chi connectivity index (χ2n) is 27.5. The highest BCUT2D eigenvalue weighted by Crippen LogP contribution is 2.49. The number of anilines is 1. The molecule has 392 valence electrons. The van der Waals surface area contributed by atoms with Crippen molar-refractivity contribution in [3.63, 3.8) is 0 Å². The van der Waals surface area contributed by atoms with Gasteiger partial charge in [0.25, 0.3) is 0 Å². The number of nitrogens with zero attached hydrogens (tertiary/aromatic N) is 5. The fourth-order valence-electron chi connectivity index (χ4n) is 14.3. The number of fused-ring (bicyclic) bond motifs is 18. The highest BCUT2D eigenvalue weighted by molar-refractivity contribution is 6.13. The van der Waals surface area contributed by atoms with E-state index in [1.807, 2.05) is 0 Å². The summed E-state index contributed by atoms with van der Waals surface area (Å²) in [6.45, 7) is 21.0. The van der Waals surface area contributed by atoms with Crippen molar-refractivity contribution in [2.24, 2.45) is 34.0 Å². The maximum absolute atomic E-state index is 5.47. The molecule has 0 amide bonds. The van der Waals surface area contributed by atoms with Gasteiger partial charge in [-0.15, -0.1) is 0 Å². The summed E-state index contributed by atoms with van der Waals surface area (Å²) < 4.78 is 4.78. The summed E-state index contributed by atoms with van der Waals surface area (Å²) in [6, 6.07) is 48.4. The molecule has 3 atom stereocenters. The van der Waals surface area contributed by atoms with E-state index in [1.54, 1.807) is 0 Å². The first-order valence-electron chi connectivity index (χ1n) is 29.0. The van der Waals surface area contributed by atoms with Gasteiger partial charge in [-0.05, 0) is 174 Å². The van der Waals surface area contributed by atoms with Gasteiger partial charge >= 0.3 is 0 Å². The number of aromatic nitrogens is 4. The van der Waals surface area contributed by atoms with Crippen LogP contribution in [0.2, 0.25) is 0 Å². The van der Waals surface area contributed by atoms with Crippen molar-refractivity contribution in [3.8, 4) is 11.1 Å². The Morgan fingerprint density at radius 3 is 1.48 bits per heavy atom. The number of allylic oxidation sites excluding steroid dienone is 1. The molecule has 77 heavy (non-hydrogen) atoms. The molecule has 6 nitrogen and oxygen atoms in total. The van der Waals surface area contributed by atoms with E-state index in [0.29, 0.717) is 17.8 Å². The van der Waals surface area contributed by atoms with Crippen molar-refractivity contribution >= 4 is 60.3 Å². The molecule has 0 spiro atoms. The third-order valence-electron chi connectivity index (χ3n) is 17.2. The molecule has 1 saturated carbocycles. The van der Waals surface area contributed by atoms with E-state index >= 15 is 0 Å². The van der Waals surface area contributed by atoms with Crippen LogP contribution in [0.4, 0.5) is 5.69 Å². The molecule has 1 aliphatic carbocycles. The van der Waals surface area contributed by atoms with E-state index in [9.17, 15) is 0 Å². The van der Waals surface area contributed by atoms with E-state index in [1.165, 1.54) is 119 Å². The highest BCUT2D eigenvalue weighted by Gasteiger charge is 2.37. The zero-order chi connectivity index (χ0) is 53.0. The molecule has 13 rings (SSSR count). The van der Waals surface area contributed by atoms with Gasteiger partial charge in [0, 0.05) is 57.0 Å². The van der Waals surface area contributed by atoms with Gasteiger partial charge in [-0.1, -0.05) is 153 Å². The molecule has 2 aliphatic heterocycles. The van der Waals surface area contributed by atoms with Crippen LogP contribution < -0.4 is 10.2 Å². The molecular weight excluding hydrogens is 937 g/mol. The van der Waals surface area contributed by atoms with E-state index in [2.05, 4.69) is 227 Å². The van der Waals surface area contributed by atoms with Crippen molar-refractivity contribution in [1.29, 1.82) is 0 Å². The Kier molecular flexibility index (Phi) is 12.2. The van der Waals surface area contributed by atoms with Crippen LogP contribution in [-0.4, -0.2) is 18.8 Å². The number of rotatable bonds is 11. The van der Waals surface area contributed by atoms with Gasteiger partial charge in [0.2, 0.25) is 0 Å². The van der Waals surface area contributed by atoms with Crippen LogP contribution in [0.15, 0.2) is 152 Å². The fraction of sp³-hybridized carbons (Fsp3) is 0.380. The highest BCUT2D eigenvalue weighted by atomic mass is 15.3. The largest absolute Gasteiger partial charge is 0.363 e. The van der Waals surface area contributed by atoms with Crippen LogP contribution in [0, 0.1) is 34.0 Å². The first kappa shape index (κ1) is 49.6. The predicted molar refractivity (Wildman–Crippen MR) is 324 cm³/mol. The summed E-state index contributed by atoms with van der Waals surface area (Å²) in [5.74, 6) is 1.80. The minimum Gasteiger partial charge on any atom is -0.363 e. The minimum absolute atomic E-state index is 0.108. The SMILES string of the molecule is CC(C)(C)Cc1ccc2c(c1)-c1ccccc1C1NC(CC3CC(CCc4cn5c6ccc(CC(C)(C)C)cc6c6ccccc6c5n4)CC(CCc4cn5c6ccc(CC(C)(C)C)cc6c6ccccc6c5n4)C3)=CN21. The quantitative estimate of drug-likeness (QED) is 0.131. The second-order valence-corrected chi connectivity index (χ2v) is 27.5. The van der Waals surface area contributed by atoms with E-state index < -0.39 is 0 Å². The first-order valence-corrected chi connectivity index (χ1v) is 29.0. The molecule has 10 aromatic rings. The third-order valence-corrected chi connectivity index (χ3v) is 17.2. The molecule has 6 aromatic carbocycles. The Bertz CT molecular complexity index is 3750. The molecule has 6 heteroatoms. The topological polar surface area (TPSA) is 49.9 Å². The van der Waals surface area contributed by atoms with Crippen molar-refractivity contribution in [2.75, 3.05) is 4.90 Å². The Labute approximate surface area is 456 Å². The number of aryl methyl sites for hydroxylation is 2. The summed E-state index contributed by atoms with van der Waals surface area (Å²) in [6.07, 6.45) is 19.5. The zero-order valence-corrected chi connectivity index (χ0v) is 47.2. The summed E-state index contributed by atoms with van der Waals surface area (Å²) in [5, 5.41) is 11.8. The van der Waals surface area contributed by atoms with Crippen molar-refractivity contribution < 1.29 is 0 Å². The van der Waals surface area contributed by atoms with Crippen molar-refractivity contribution in [3.05, 3.63) is 185 Å². The lowest BCUT2D eigenvalue weighted by molar-refractivity contribution is 0.176. The molecule has 1 N–H and O–H groups in total. The summed E-state index contributed by atoms with van der Waals surface area (Å²) >= 11 is 0. The lowest BCUT2D eigenvalue weighted by Crippen LogP contribution is -2.31. The third kappa shape index (κ3) is 9.80. The Hall–Kier alpha value is -6.92. The number of nitrogens with one attached hydrogen (secondary N) is 1. The second kappa shape index (κ2) is 18.9. The van der Waals surface area contributed by atoms with Gasteiger partial charge in [-0.2, -0.15) is 0 Å². The van der Waals surface area contributed by atoms with Gasteiger partial charge in [-0.25, -0.2) is 9.97 Å². The van der Waals surface area contributed by atoms with E-state index in [-0.39, 0.29) is 22.4 Å². The van der Waals surface area contributed by atoms with Gasteiger partial charge < -0.3 is 10.2 Å². The van der Waals surface area contributed by atoms with Crippen LogP contribution >= 0.6 is 0 Å². The van der Waals surface area contributed by atoms with Gasteiger partial charge in [-0.3, -0.25) is 8.80 Å². The molecule has 1 fully saturated rings. The van der Waals surface area contributed by atoms with Crippen molar-refractivity contribution in [2.45, 2.75) is 139 Å².